The average molecular weight is 356 g/mol. The van der Waals surface area contributed by atoms with Crippen molar-refractivity contribution in [3.63, 3.8) is 0 Å². The molecule has 0 aliphatic heterocycles. The van der Waals surface area contributed by atoms with Crippen molar-refractivity contribution >= 4 is 5.97 Å². The summed E-state index contributed by atoms with van der Waals surface area (Å²) in [4.78, 5) is 14.4. The lowest BCUT2D eigenvalue weighted by Gasteiger charge is -2.32. The highest BCUT2D eigenvalue weighted by Gasteiger charge is 2.21. The fraction of sp³-hybridized carbons (Fsp3) is 0.435. The van der Waals surface area contributed by atoms with Gasteiger partial charge in [0.1, 0.15) is 0 Å². The number of benzene rings is 1. The Morgan fingerprint density at radius 2 is 1.88 bits per heavy atom. The third kappa shape index (κ3) is 7.83. The highest BCUT2D eigenvalue weighted by Crippen LogP contribution is 2.18. The Hall–Kier alpha value is -2.13. The van der Waals surface area contributed by atoms with Gasteiger partial charge in [-0.05, 0) is 32.3 Å². The molecule has 0 radical (unpaired) electrons. The topological polar surface area (TPSA) is 29.5 Å². The zero-order chi connectivity index (χ0) is 19.4. The van der Waals surface area contributed by atoms with Crippen LogP contribution in [-0.4, -0.2) is 30.1 Å². The molecule has 0 bridgehead atoms. The minimum atomic E-state index is -0.234. The SMILES string of the molecule is C/C=C/C=C/CN(Cc1ccccc1)[C@H](/C=C(\C)C(=O)OCC)C(C)C. The number of carbonyl (C=O) groups excluding carboxylic acids is 1. The van der Waals surface area contributed by atoms with Crippen molar-refractivity contribution in [2.75, 3.05) is 13.2 Å². The highest BCUT2D eigenvalue weighted by molar-refractivity contribution is 5.87. The summed E-state index contributed by atoms with van der Waals surface area (Å²) in [7, 11) is 0. The zero-order valence-electron chi connectivity index (χ0n) is 16.8. The molecule has 0 aliphatic carbocycles. The molecule has 1 aromatic rings. The second kappa shape index (κ2) is 12.3. The molecule has 1 atom stereocenters. The third-order valence-electron chi connectivity index (χ3n) is 4.13. The predicted octanol–water partition coefficient (Wildman–Crippen LogP) is 5.15. The molecule has 0 aliphatic rings. The van der Waals surface area contributed by atoms with E-state index in [-0.39, 0.29) is 12.0 Å². The van der Waals surface area contributed by atoms with E-state index in [4.69, 9.17) is 4.74 Å². The van der Waals surface area contributed by atoms with Crippen molar-refractivity contribution in [1.82, 2.24) is 4.90 Å². The molecule has 3 heteroatoms. The van der Waals surface area contributed by atoms with E-state index >= 15 is 0 Å². The van der Waals surface area contributed by atoms with Crippen LogP contribution >= 0.6 is 0 Å². The lowest BCUT2D eigenvalue weighted by Crippen LogP contribution is -2.38. The second-order valence-corrected chi connectivity index (χ2v) is 6.67. The summed E-state index contributed by atoms with van der Waals surface area (Å²) in [6, 6.07) is 10.6. The van der Waals surface area contributed by atoms with Gasteiger partial charge in [0, 0.05) is 24.7 Å². The molecule has 0 saturated heterocycles. The summed E-state index contributed by atoms with van der Waals surface area (Å²) in [5, 5.41) is 0. The maximum Gasteiger partial charge on any atom is 0.333 e. The number of nitrogens with zero attached hydrogens (tertiary/aromatic N) is 1. The van der Waals surface area contributed by atoms with Crippen molar-refractivity contribution in [1.29, 1.82) is 0 Å². The van der Waals surface area contributed by atoms with E-state index in [9.17, 15) is 4.79 Å². The molecule has 0 unspecified atom stereocenters. The molecular formula is C23H33NO2. The first-order chi connectivity index (χ1) is 12.5. The van der Waals surface area contributed by atoms with E-state index in [1.165, 1.54) is 5.56 Å². The molecule has 0 spiro atoms. The number of esters is 1. The molecule has 26 heavy (non-hydrogen) atoms. The van der Waals surface area contributed by atoms with Gasteiger partial charge in [0.05, 0.1) is 6.61 Å². The second-order valence-electron chi connectivity index (χ2n) is 6.67. The Bertz CT molecular complexity index is 614. The first kappa shape index (κ1) is 21.9. The van der Waals surface area contributed by atoms with Crippen LogP contribution in [0, 0.1) is 5.92 Å². The molecule has 0 aromatic heterocycles. The van der Waals surface area contributed by atoms with E-state index in [0.717, 1.165) is 13.1 Å². The summed E-state index contributed by atoms with van der Waals surface area (Å²) < 4.78 is 5.15. The summed E-state index contributed by atoms with van der Waals surface area (Å²) in [6.45, 7) is 12.1. The minimum absolute atomic E-state index is 0.148. The summed E-state index contributed by atoms with van der Waals surface area (Å²) >= 11 is 0. The van der Waals surface area contributed by atoms with Crippen LogP contribution in [-0.2, 0) is 16.1 Å². The maximum atomic E-state index is 12.0. The van der Waals surface area contributed by atoms with Gasteiger partial charge in [-0.3, -0.25) is 4.90 Å². The smallest absolute Gasteiger partial charge is 0.333 e. The Morgan fingerprint density at radius 3 is 2.46 bits per heavy atom. The quantitative estimate of drug-likeness (QED) is 0.330. The van der Waals surface area contributed by atoms with E-state index in [1.807, 2.05) is 39.0 Å². The molecule has 0 fully saturated rings. The lowest BCUT2D eigenvalue weighted by atomic mass is 9.98. The van der Waals surface area contributed by atoms with Crippen LogP contribution in [0.2, 0.25) is 0 Å². The van der Waals surface area contributed by atoms with Crippen LogP contribution in [0.3, 0.4) is 0 Å². The van der Waals surface area contributed by atoms with Crippen LogP contribution in [0.1, 0.15) is 40.2 Å². The van der Waals surface area contributed by atoms with E-state index in [1.54, 1.807) is 0 Å². The van der Waals surface area contributed by atoms with Crippen LogP contribution in [0.4, 0.5) is 0 Å². The highest BCUT2D eigenvalue weighted by atomic mass is 16.5. The van der Waals surface area contributed by atoms with Gasteiger partial charge >= 0.3 is 5.97 Å². The van der Waals surface area contributed by atoms with Crippen molar-refractivity contribution in [3.8, 4) is 0 Å². The number of hydrogen-bond donors (Lipinski definition) is 0. The molecule has 0 heterocycles. The average Bonchev–Trinajstić information content (AvgIpc) is 2.63. The molecule has 1 aromatic carbocycles. The first-order valence-corrected chi connectivity index (χ1v) is 9.40. The van der Waals surface area contributed by atoms with E-state index < -0.39 is 0 Å². The standard InChI is InChI=1S/C23H33NO2/c1-6-8-9-13-16-24(18-21-14-11-10-12-15-21)22(19(3)4)17-20(5)23(25)26-7-2/h6,8-15,17,19,22H,7,16,18H2,1-5H3/b8-6+,13-9+,20-17+/t22-/m1/s1. The van der Waals surface area contributed by atoms with Crippen molar-refractivity contribution < 1.29 is 9.53 Å². The molecule has 0 amide bonds. The Labute approximate surface area is 159 Å². The fourth-order valence-corrected chi connectivity index (χ4v) is 2.78. The number of allylic oxidation sites excluding steroid dienone is 3. The molecule has 1 rings (SSSR count). The third-order valence-corrected chi connectivity index (χ3v) is 4.13. The van der Waals surface area contributed by atoms with E-state index in [2.05, 4.69) is 61.2 Å². The van der Waals surface area contributed by atoms with Crippen LogP contribution in [0.25, 0.3) is 0 Å². The van der Waals surface area contributed by atoms with Gasteiger partial charge in [0.2, 0.25) is 0 Å². The summed E-state index contributed by atoms with van der Waals surface area (Å²) in [5.74, 6) is 0.139. The summed E-state index contributed by atoms with van der Waals surface area (Å²) in [6.07, 6.45) is 10.3. The monoisotopic (exact) mass is 355 g/mol. The van der Waals surface area contributed by atoms with Gasteiger partial charge in [-0.2, -0.15) is 0 Å². The largest absolute Gasteiger partial charge is 0.463 e. The molecule has 3 nitrogen and oxygen atoms in total. The van der Waals surface area contributed by atoms with Gasteiger partial charge in [-0.25, -0.2) is 4.79 Å². The van der Waals surface area contributed by atoms with Crippen molar-refractivity contribution in [2.45, 2.75) is 47.2 Å². The van der Waals surface area contributed by atoms with Gasteiger partial charge in [0.25, 0.3) is 0 Å². The molecule has 0 N–H and O–H groups in total. The lowest BCUT2D eigenvalue weighted by molar-refractivity contribution is -0.138. The minimum Gasteiger partial charge on any atom is -0.463 e. The Balaban J connectivity index is 3.07. The number of rotatable bonds is 10. The van der Waals surface area contributed by atoms with Crippen molar-refractivity contribution in [2.24, 2.45) is 5.92 Å². The predicted molar refractivity (Wildman–Crippen MR) is 110 cm³/mol. The van der Waals surface area contributed by atoms with Crippen LogP contribution in [0.15, 0.2) is 66.3 Å². The Kier molecular flexibility index (Phi) is 10.3. The maximum absolute atomic E-state index is 12.0. The number of ether oxygens (including phenoxy) is 1. The number of hydrogen-bond acceptors (Lipinski definition) is 3. The van der Waals surface area contributed by atoms with Crippen LogP contribution in [0.5, 0.6) is 0 Å². The zero-order valence-corrected chi connectivity index (χ0v) is 16.8. The number of carbonyl (C=O) groups is 1. The van der Waals surface area contributed by atoms with Gasteiger partial charge in [-0.15, -0.1) is 0 Å². The van der Waals surface area contributed by atoms with Gasteiger partial charge in [0.15, 0.2) is 0 Å². The fourth-order valence-electron chi connectivity index (χ4n) is 2.78. The van der Waals surface area contributed by atoms with E-state index in [0.29, 0.717) is 18.1 Å². The van der Waals surface area contributed by atoms with Crippen molar-refractivity contribution in [3.05, 3.63) is 71.8 Å². The summed E-state index contributed by atoms with van der Waals surface area (Å²) in [5.41, 5.74) is 1.93. The van der Waals surface area contributed by atoms with Gasteiger partial charge < -0.3 is 4.74 Å². The van der Waals surface area contributed by atoms with Crippen LogP contribution < -0.4 is 0 Å². The normalized spacial score (nSPS) is 13.9. The molecule has 142 valence electrons. The molecular weight excluding hydrogens is 322 g/mol. The van der Waals surface area contributed by atoms with Gasteiger partial charge in [-0.1, -0.05) is 74.6 Å². The molecule has 0 saturated carbocycles. The first-order valence-electron chi connectivity index (χ1n) is 9.40. The Morgan fingerprint density at radius 1 is 1.19 bits per heavy atom.